The van der Waals surface area contributed by atoms with Crippen LogP contribution in [-0.2, 0) is 0 Å². The van der Waals surface area contributed by atoms with Gasteiger partial charge in [-0.25, -0.2) is 4.98 Å². The third-order valence-corrected chi connectivity index (χ3v) is 3.50. The Morgan fingerprint density at radius 3 is 2.79 bits per heavy atom. The first kappa shape index (κ1) is 14.1. The molecule has 1 fully saturated rings. The average Bonchev–Trinajstić information content (AvgIpc) is 2.84. The summed E-state index contributed by atoms with van der Waals surface area (Å²) in [6, 6.07) is 4.02. The van der Waals surface area contributed by atoms with Crippen LogP contribution in [0.5, 0.6) is 5.88 Å². The van der Waals surface area contributed by atoms with Crippen LogP contribution in [0.25, 0.3) is 0 Å². The minimum atomic E-state index is 0.203. The van der Waals surface area contributed by atoms with Gasteiger partial charge in [0, 0.05) is 31.2 Å². The lowest BCUT2D eigenvalue weighted by Crippen LogP contribution is -2.39. The van der Waals surface area contributed by atoms with Crippen LogP contribution < -0.4 is 15.0 Å². The highest BCUT2D eigenvalue weighted by Crippen LogP contribution is 2.24. The fourth-order valence-electron chi connectivity index (χ4n) is 2.36. The zero-order valence-corrected chi connectivity index (χ0v) is 12.4. The predicted octanol–water partition coefficient (Wildman–Crippen LogP) is 2.30. The lowest BCUT2D eigenvalue weighted by Gasteiger charge is -2.23. The molecule has 1 saturated heterocycles. The van der Waals surface area contributed by atoms with Gasteiger partial charge in [-0.3, -0.25) is 0 Å². The molecule has 1 aliphatic heterocycles. The molecule has 2 rings (SSSR count). The first-order chi connectivity index (χ1) is 8.98. The third kappa shape index (κ3) is 4.10. The van der Waals surface area contributed by atoms with E-state index in [0.717, 1.165) is 25.6 Å². The van der Waals surface area contributed by atoms with Crippen molar-refractivity contribution in [2.24, 2.45) is 5.92 Å². The number of pyridine rings is 1. The van der Waals surface area contributed by atoms with Crippen LogP contribution in [0.15, 0.2) is 18.3 Å². The fourth-order valence-corrected chi connectivity index (χ4v) is 2.36. The average molecular weight is 263 g/mol. The van der Waals surface area contributed by atoms with Gasteiger partial charge in [0.15, 0.2) is 0 Å². The van der Waals surface area contributed by atoms with E-state index >= 15 is 0 Å². The monoisotopic (exact) mass is 263 g/mol. The molecule has 106 valence electrons. The molecule has 0 radical (unpaired) electrons. The number of methoxy groups -OCH3 is 1. The van der Waals surface area contributed by atoms with Crippen LogP contribution in [0, 0.1) is 5.92 Å². The molecule has 1 aromatic rings. The second kappa shape index (κ2) is 5.78. The van der Waals surface area contributed by atoms with Gasteiger partial charge in [-0.05, 0) is 39.2 Å². The Morgan fingerprint density at radius 1 is 1.42 bits per heavy atom. The molecule has 19 heavy (non-hydrogen) atoms. The van der Waals surface area contributed by atoms with Gasteiger partial charge in [-0.2, -0.15) is 0 Å². The van der Waals surface area contributed by atoms with Gasteiger partial charge in [0.1, 0.15) is 0 Å². The largest absolute Gasteiger partial charge is 0.481 e. The molecule has 1 N–H and O–H groups in total. The van der Waals surface area contributed by atoms with Crippen LogP contribution >= 0.6 is 0 Å². The molecule has 4 heteroatoms. The maximum absolute atomic E-state index is 5.09. The second-order valence-electron chi connectivity index (χ2n) is 6.29. The van der Waals surface area contributed by atoms with E-state index in [2.05, 4.69) is 42.0 Å². The molecule has 2 heterocycles. The van der Waals surface area contributed by atoms with E-state index in [9.17, 15) is 0 Å². The number of aromatic nitrogens is 1. The summed E-state index contributed by atoms with van der Waals surface area (Å²) in [5, 5.41) is 3.59. The summed E-state index contributed by atoms with van der Waals surface area (Å²) < 4.78 is 5.09. The molecule has 1 aliphatic rings. The van der Waals surface area contributed by atoms with Crippen LogP contribution in [0.3, 0.4) is 0 Å². The van der Waals surface area contributed by atoms with Crippen molar-refractivity contribution in [1.29, 1.82) is 0 Å². The zero-order valence-electron chi connectivity index (χ0n) is 12.4. The second-order valence-corrected chi connectivity index (χ2v) is 6.29. The van der Waals surface area contributed by atoms with Gasteiger partial charge < -0.3 is 15.0 Å². The van der Waals surface area contributed by atoms with E-state index in [1.54, 1.807) is 7.11 Å². The van der Waals surface area contributed by atoms with Gasteiger partial charge in [0.05, 0.1) is 19.0 Å². The molecule has 0 spiro atoms. The first-order valence-corrected chi connectivity index (χ1v) is 6.98. The van der Waals surface area contributed by atoms with E-state index in [1.807, 2.05) is 12.3 Å². The van der Waals surface area contributed by atoms with Crippen molar-refractivity contribution in [3.05, 3.63) is 18.3 Å². The molecule has 0 aliphatic carbocycles. The summed E-state index contributed by atoms with van der Waals surface area (Å²) in [6.45, 7) is 9.96. The first-order valence-electron chi connectivity index (χ1n) is 6.98. The van der Waals surface area contributed by atoms with Crippen LogP contribution in [0.2, 0.25) is 0 Å². The predicted molar refractivity (Wildman–Crippen MR) is 78.9 cm³/mol. The Morgan fingerprint density at radius 2 is 2.21 bits per heavy atom. The summed E-state index contributed by atoms with van der Waals surface area (Å²) in [5.41, 5.74) is 1.40. The van der Waals surface area contributed by atoms with Crippen molar-refractivity contribution in [3.63, 3.8) is 0 Å². The summed E-state index contributed by atoms with van der Waals surface area (Å²) in [6.07, 6.45) is 3.15. The van der Waals surface area contributed by atoms with Gasteiger partial charge in [-0.15, -0.1) is 0 Å². The van der Waals surface area contributed by atoms with Gasteiger partial charge >= 0.3 is 0 Å². The van der Waals surface area contributed by atoms with Gasteiger partial charge in [0.2, 0.25) is 5.88 Å². The van der Waals surface area contributed by atoms with E-state index in [-0.39, 0.29) is 5.54 Å². The Kier molecular flexibility index (Phi) is 4.30. The lowest BCUT2D eigenvalue weighted by molar-refractivity contribution is 0.383. The molecular weight excluding hydrogens is 238 g/mol. The number of ether oxygens (including phenoxy) is 1. The SMILES string of the molecule is COc1ccc(N2CCC(CNC(C)(C)C)C2)cn1. The number of rotatable bonds is 4. The molecular formula is C15H25N3O. The molecule has 1 atom stereocenters. The number of anilines is 1. The summed E-state index contributed by atoms with van der Waals surface area (Å²) in [7, 11) is 1.64. The molecule has 4 nitrogen and oxygen atoms in total. The highest BCUT2D eigenvalue weighted by Gasteiger charge is 2.24. The van der Waals surface area contributed by atoms with Crippen LogP contribution in [0.1, 0.15) is 27.2 Å². The Labute approximate surface area is 116 Å². The maximum atomic E-state index is 5.09. The standard InChI is InChI=1S/C15H25N3O/c1-15(2,3)17-9-12-7-8-18(11-12)13-5-6-14(19-4)16-10-13/h5-6,10,12,17H,7-9,11H2,1-4H3. The number of hydrogen-bond donors (Lipinski definition) is 1. The van der Waals surface area contributed by atoms with Gasteiger partial charge in [-0.1, -0.05) is 0 Å². The van der Waals surface area contributed by atoms with Crippen molar-refractivity contribution in [3.8, 4) is 5.88 Å². The maximum Gasteiger partial charge on any atom is 0.213 e. The quantitative estimate of drug-likeness (QED) is 0.904. The Balaban J connectivity index is 1.87. The molecule has 0 bridgehead atoms. The fraction of sp³-hybridized carbons (Fsp3) is 0.667. The minimum absolute atomic E-state index is 0.203. The molecule has 0 saturated carbocycles. The molecule has 1 aromatic heterocycles. The highest BCUT2D eigenvalue weighted by atomic mass is 16.5. The summed E-state index contributed by atoms with van der Waals surface area (Å²) in [5.74, 6) is 1.40. The van der Waals surface area contributed by atoms with E-state index in [4.69, 9.17) is 4.74 Å². The zero-order chi connectivity index (χ0) is 13.9. The number of nitrogens with zero attached hydrogens (tertiary/aromatic N) is 2. The smallest absolute Gasteiger partial charge is 0.213 e. The van der Waals surface area contributed by atoms with E-state index in [0.29, 0.717) is 5.88 Å². The van der Waals surface area contributed by atoms with Crippen LogP contribution in [-0.4, -0.2) is 37.3 Å². The van der Waals surface area contributed by atoms with Crippen molar-refractivity contribution < 1.29 is 4.74 Å². The normalized spacial score (nSPS) is 19.8. The van der Waals surface area contributed by atoms with E-state index in [1.165, 1.54) is 12.1 Å². The Bertz CT molecular complexity index is 397. The van der Waals surface area contributed by atoms with Gasteiger partial charge in [0.25, 0.3) is 0 Å². The number of hydrogen-bond acceptors (Lipinski definition) is 4. The topological polar surface area (TPSA) is 37.4 Å². The highest BCUT2D eigenvalue weighted by molar-refractivity contribution is 5.46. The number of nitrogens with one attached hydrogen (secondary N) is 1. The van der Waals surface area contributed by atoms with Crippen LogP contribution in [0.4, 0.5) is 5.69 Å². The summed E-state index contributed by atoms with van der Waals surface area (Å²) in [4.78, 5) is 6.68. The van der Waals surface area contributed by atoms with Crippen molar-refractivity contribution in [2.75, 3.05) is 31.6 Å². The molecule has 0 amide bonds. The van der Waals surface area contributed by atoms with E-state index < -0.39 is 0 Å². The molecule has 0 aromatic carbocycles. The Hall–Kier alpha value is -1.29. The van der Waals surface area contributed by atoms with Crippen molar-refractivity contribution in [1.82, 2.24) is 10.3 Å². The summed E-state index contributed by atoms with van der Waals surface area (Å²) >= 11 is 0. The minimum Gasteiger partial charge on any atom is -0.481 e. The molecule has 1 unspecified atom stereocenters. The van der Waals surface area contributed by atoms with Crippen molar-refractivity contribution >= 4 is 5.69 Å². The third-order valence-electron chi connectivity index (χ3n) is 3.50. The lowest BCUT2D eigenvalue weighted by atomic mass is 10.1. The van der Waals surface area contributed by atoms with Crippen molar-refractivity contribution in [2.45, 2.75) is 32.7 Å².